The van der Waals surface area contributed by atoms with E-state index in [2.05, 4.69) is 46.6 Å². The van der Waals surface area contributed by atoms with Crippen LogP contribution in [-0.2, 0) is 0 Å². The molecule has 0 rings (SSSR count). The second-order valence-corrected chi connectivity index (χ2v) is 5.74. The predicted molar refractivity (Wildman–Crippen MR) is 99.7 cm³/mol. The Morgan fingerprint density at radius 2 is 1.25 bits per heavy atom. The maximum atomic E-state index is 2.40. The van der Waals surface area contributed by atoms with Crippen LogP contribution in [0.3, 0.4) is 0 Å². The summed E-state index contributed by atoms with van der Waals surface area (Å²) in [4.78, 5) is 2.40. The lowest BCUT2D eigenvalue weighted by molar-refractivity contribution is 0.230. The lowest BCUT2D eigenvalue weighted by atomic mass is 9.82. The zero-order valence-electron chi connectivity index (χ0n) is 17.1. The highest BCUT2D eigenvalue weighted by Crippen LogP contribution is 2.28. The molecule has 0 bridgehead atoms. The molecule has 128 valence electrons. The van der Waals surface area contributed by atoms with Crippen molar-refractivity contribution in [2.45, 2.75) is 95.4 Å². The molecule has 0 aromatic heterocycles. The van der Waals surface area contributed by atoms with Crippen molar-refractivity contribution in [2.75, 3.05) is 20.1 Å². The molecule has 0 aliphatic rings. The first-order valence-electron chi connectivity index (χ1n) is 9.06. The Kier molecular flexibility index (Phi) is 29.9. The van der Waals surface area contributed by atoms with Crippen LogP contribution in [0.1, 0.15) is 95.4 Å². The third-order valence-electron chi connectivity index (χ3n) is 3.11. The van der Waals surface area contributed by atoms with Crippen molar-refractivity contribution in [2.24, 2.45) is 11.3 Å². The average molecular weight is 290 g/mol. The summed E-state index contributed by atoms with van der Waals surface area (Å²) in [5, 5.41) is 0. The van der Waals surface area contributed by atoms with Crippen LogP contribution in [-0.4, -0.2) is 25.0 Å². The summed E-state index contributed by atoms with van der Waals surface area (Å²) in [5.41, 5.74) is 0.522. The van der Waals surface area contributed by atoms with Crippen LogP contribution in [0, 0.1) is 11.3 Å². The standard InChI is InChI=1S/C13H29N.3C2H6/c1-7-14(6)11-10-13(4,5)9-8-12(2)3;3*1-2/h12H,7-11H2,1-6H3;3*1-2H3. The van der Waals surface area contributed by atoms with Gasteiger partial charge in [-0.1, -0.05) is 82.6 Å². The van der Waals surface area contributed by atoms with Gasteiger partial charge in [-0.25, -0.2) is 0 Å². The van der Waals surface area contributed by atoms with Crippen LogP contribution in [0.5, 0.6) is 0 Å². The number of hydrogen-bond donors (Lipinski definition) is 0. The van der Waals surface area contributed by atoms with Gasteiger partial charge in [-0.05, 0) is 44.3 Å². The van der Waals surface area contributed by atoms with Gasteiger partial charge in [0.2, 0.25) is 0 Å². The van der Waals surface area contributed by atoms with Crippen molar-refractivity contribution in [3.8, 4) is 0 Å². The van der Waals surface area contributed by atoms with Gasteiger partial charge in [-0.2, -0.15) is 0 Å². The van der Waals surface area contributed by atoms with Crippen molar-refractivity contribution >= 4 is 0 Å². The fourth-order valence-electron chi connectivity index (χ4n) is 1.46. The predicted octanol–water partition coefficient (Wildman–Crippen LogP) is 6.87. The van der Waals surface area contributed by atoms with Gasteiger partial charge in [0, 0.05) is 0 Å². The molecule has 20 heavy (non-hydrogen) atoms. The first-order valence-corrected chi connectivity index (χ1v) is 9.06. The van der Waals surface area contributed by atoms with E-state index in [1.54, 1.807) is 0 Å². The van der Waals surface area contributed by atoms with Crippen LogP contribution in [0.15, 0.2) is 0 Å². The van der Waals surface area contributed by atoms with Gasteiger partial charge in [0.1, 0.15) is 0 Å². The second kappa shape index (κ2) is 21.3. The monoisotopic (exact) mass is 289 g/mol. The van der Waals surface area contributed by atoms with Gasteiger partial charge >= 0.3 is 0 Å². The van der Waals surface area contributed by atoms with E-state index in [0.29, 0.717) is 5.41 Å². The highest BCUT2D eigenvalue weighted by Gasteiger charge is 2.18. The minimum Gasteiger partial charge on any atom is -0.307 e. The van der Waals surface area contributed by atoms with E-state index in [1.165, 1.54) is 32.4 Å². The van der Waals surface area contributed by atoms with E-state index in [-0.39, 0.29) is 0 Å². The van der Waals surface area contributed by atoms with Gasteiger partial charge in [0.05, 0.1) is 0 Å². The summed E-state index contributed by atoms with van der Waals surface area (Å²) in [6, 6.07) is 0. The van der Waals surface area contributed by atoms with E-state index in [9.17, 15) is 0 Å². The molecule has 0 atom stereocenters. The normalized spacial score (nSPS) is 9.90. The lowest BCUT2D eigenvalue weighted by Gasteiger charge is -2.27. The minimum absolute atomic E-state index is 0.522. The van der Waals surface area contributed by atoms with E-state index >= 15 is 0 Å². The third-order valence-corrected chi connectivity index (χ3v) is 3.11. The minimum atomic E-state index is 0.522. The largest absolute Gasteiger partial charge is 0.307 e. The zero-order valence-corrected chi connectivity index (χ0v) is 17.1. The van der Waals surface area contributed by atoms with Crippen molar-refractivity contribution in [3.05, 3.63) is 0 Å². The number of nitrogens with zero attached hydrogens (tertiary/aromatic N) is 1. The van der Waals surface area contributed by atoms with Crippen LogP contribution in [0.4, 0.5) is 0 Å². The smallest absolute Gasteiger partial charge is 0.00168 e. The molecule has 0 radical (unpaired) electrons. The topological polar surface area (TPSA) is 3.24 Å². The molecule has 1 heteroatoms. The maximum Gasteiger partial charge on any atom is -0.00168 e. The number of rotatable bonds is 7. The fraction of sp³-hybridized carbons (Fsp3) is 1.00. The quantitative estimate of drug-likeness (QED) is 0.494. The third kappa shape index (κ3) is 26.5. The average Bonchev–Trinajstić information content (AvgIpc) is 2.49. The Bertz CT molecular complexity index is 139. The van der Waals surface area contributed by atoms with Crippen LogP contribution in [0.2, 0.25) is 0 Å². The first-order chi connectivity index (χ1) is 9.37. The molecule has 0 unspecified atom stereocenters. The van der Waals surface area contributed by atoms with Crippen molar-refractivity contribution in [3.63, 3.8) is 0 Å². The van der Waals surface area contributed by atoms with E-state index in [1.807, 2.05) is 41.5 Å². The fourth-order valence-corrected chi connectivity index (χ4v) is 1.46. The highest BCUT2D eigenvalue weighted by atomic mass is 15.1. The van der Waals surface area contributed by atoms with Gasteiger partial charge in [0.25, 0.3) is 0 Å². The zero-order chi connectivity index (χ0) is 17.2. The first kappa shape index (κ1) is 28.2. The molecule has 0 saturated heterocycles. The molecule has 0 amide bonds. The van der Waals surface area contributed by atoms with E-state index in [0.717, 1.165) is 5.92 Å². The molecule has 1 nitrogen and oxygen atoms in total. The Labute approximate surface area is 132 Å². The van der Waals surface area contributed by atoms with Crippen LogP contribution < -0.4 is 0 Å². The Hall–Kier alpha value is -0.0400. The molecule has 0 aromatic carbocycles. The maximum absolute atomic E-state index is 2.40. The van der Waals surface area contributed by atoms with Gasteiger partial charge in [-0.15, -0.1) is 0 Å². The SMILES string of the molecule is CC.CC.CC.CCN(C)CCC(C)(C)CCC(C)C. The lowest BCUT2D eigenvalue weighted by Crippen LogP contribution is -2.24. The molecule has 0 aromatic rings. The molecule has 0 fully saturated rings. The van der Waals surface area contributed by atoms with Crippen LogP contribution in [0.25, 0.3) is 0 Å². The Morgan fingerprint density at radius 3 is 1.55 bits per heavy atom. The van der Waals surface area contributed by atoms with Crippen LogP contribution >= 0.6 is 0 Å². The molecule has 0 spiro atoms. The summed E-state index contributed by atoms with van der Waals surface area (Å²) < 4.78 is 0. The van der Waals surface area contributed by atoms with E-state index < -0.39 is 0 Å². The summed E-state index contributed by atoms with van der Waals surface area (Å²) in [6.07, 6.45) is 4.05. The van der Waals surface area contributed by atoms with Crippen molar-refractivity contribution in [1.29, 1.82) is 0 Å². The van der Waals surface area contributed by atoms with E-state index in [4.69, 9.17) is 0 Å². The summed E-state index contributed by atoms with van der Waals surface area (Å²) >= 11 is 0. The highest BCUT2D eigenvalue weighted by molar-refractivity contribution is 4.70. The van der Waals surface area contributed by atoms with Gasteiger partial charge < -0.3 is 4.90 Å². The summed E-state index contributed by atoms with van der Waals surface area (Å²) in [6.45, 7) is 26.1. The Morgan fingerprint density at radius 1 is 0.850 bits per heavy atom. The molecular weight excluding hydrogens is 242 g/mol. The molecule has 0 aliphatic carbocycles. The molecule has 0 aliphatic heterocycles. The van der Waals surface area contributed by atoms with Crippen molar-refractivity contribution in [1.82, 2.24) is 4.90 Å². The second-order valence-electron chi connectivity index (χ2n) is 5.74. The number of hydrogen-bond acceptors (Lipinski definition) is 1. The van der Waals surface area contributed by atoms with Gasteiger partial charge in [-0.3, -0.25) is 0 Å². The molecule has 0 saturated carbocycles. The summed E-state index contributed by atoms with van der Waals surface area (Å²) in [5.74, 6) is 0.846. The van der Waals surface area contributed by atoms with Crippen molar-refractivity contribution < 1.29 is 0 Å². The Balaban J connectivity index is -0.000000187. The molecular formula is C19H47N. The summed E-state index contributed by atoms with van der Waals surface area (Å²) in [7, 11) is 2.21. The molecule has 0 N–H and O–H groups in total. The molecule has 0 heterocycles. The van der Waals surface area contributed by atoms with Gasteiger partial charge in [0.15, 0.2) is 0 Å².